The van der Waals surface area contributed by atoms with Crippen LogP contribution >= 0.6 is 0 Å². The number of hydrogen-bond acceptors (Lipinski definition) is 2. The van der Waals surface area contributed by atoms with E-state index in [2.05, 4.69) is 11.4 Å². The summed E-state index contributed by atoms with van der Waals surface area (Å²) in [5, 5.41) is 11.0. The first-order valence-corrected chi connectivity index (χ1v) is 3.34. The summed E-state index contributed by atoms with van der Waals surface area (Å²) in [4.78, 5) is 9.68. The maximum Gasteiger partial charge on any atom is 0.309 e. The minimum atomic E-state index is -0.0934. The highest BCUT2D eigenvalue weighted by Crippen LogP contribution is 2.47. The van der Waals surface area contributed by atoms with Gasteiger partial charge in [0.25, 0.3) is 0 Å². The summed E-state index contributed by atoms with van der Waals surface area (Å²) in [6, 6.07) is 2.24. The highest BCUT2D eigenvalue weighted by molar-refractivity contribution is 5.46. The third-order valence-corrected chi connectivity index (χ3v) is 1.89. The lowest BCUT2D eigenvalue weighted by Gasteiger charge is -2.01. The topological polar surface area (TPSA) is 52.9 Å². The smallest absolute Gasteiger partial charge is 0.309 e. The standard InChI is InChI=1S/C7H9N2O/c8-5-7(1-2-7)3-4-9-6-10/h1-4H2,(H,9,10). The van der Waals surface area contributed by atoms with E-state index >= 15 is 0 Å². The quantitative estimate of drug-likeness (QED) is 0.448. The predicted molar refractivity (Wildman–Crippen MR) is 35.6 cm³/mol. The van der Waals surface area contributed by atoms with Crippen molar-refractivity contribution in [3.8, 4) is 6.07 Å². The van der Waals surface area contributed by atoms with Crippen LogP contribution in [0.2, 0.25) is 0 Å². The molecule has 1 saturated carbocycles. The van der Waals surface area contributed by atoms with Gasteiger partial charge < -0.3 is 5.32 Å². The van der Waals surface area contributed by atoms with E-state index in [-0.39, 0.29) is 5.41 Å². The second kappa shape index (κ2) is 2.70. The van der Waals surface area contributed by atoms with Crippen LogP contribution in [-0.4, -0.2) is 13.0 Å². The number of nitrogens with one attached hydrogen (secondary N) is 1. The number of hydrogen-bond donors (Lipinski definition) is 1. The molecule has 10 heavy (non-hydrogen) atoms. The highest BCUT2D eigenvalue weighted by Gasteiger charge is 2.42. The SMILES string of the molecule is N#CC1(CCN[C]=O)CC1. The van der Waals surface area contributed by atoms with E-state index < -0.39 is 0 Å². The van der Waals surface area contributed by atoms with Gasteiger partial charge in [0.05, 0.1) is 11.5 Å². The zero-order valence-electron chi connectivity index (χ0n) is 5.68. The van der Waals surface area contributed by atoms with Crippen molar-refractivity contribution in [3.63, 3.8) is 0 Å². The van der Waals surface area contributed by atoms with E-state index in [0.29, 0.717) is 6.54 Å². The van der Waals surface area contributed by atoms with Crippen LogP contribution in [-0.2, 0) is 4.79 Å². The van der Waals surface area contributed by atoms with Crippen molar-refractivity contribution in [1.29, 1.82) is 5.26 Å². The molecule has 1 fully saturated rings. The monoisotopic (exact) mass is 137 g/mol. The Bertz CT molecular complexity index is 167. The summed E-state index contributed by atoms with van der Waals surface area (Å²) in [7, 11) is 0. The first-order valence-electron chi connectivity index (χ1n) is 3.34. The Morgan fingerprint density at radius 3 is 2.70 bits per heavy atom. The predicted octanol–water partition coefficient (Wildman–Crippen LogP) is 0.337. The first kappa shape index (κ1) is 7.07. The average molecular weight is 137 g/mol. The number of nitrogens with zero attached hydrogens (tertiary/aromatic N) is 1. The molecule has 1 N–H and O–H groups in total. The van der Waals surface area contributed by atoms with Crippen LogP contribution in [0.3, 0.4) is 0 Å². The Morgan fingerprint density at radius 2 is 2.30 bits per heavy atom. The lowest BCUT2D eigenvalue weighted by molar-refractivity contribution is 0.527. The lowest BCUT2D eigenvalue weighted by atomic mass is 10.1. The summed E-state index contributed by atoms with van der Waals surface area (Å²) in [6.07, 6.45) is 4.34. The van der Waals surface area contributed by atoms with Gasteiger partial charge in [-0.05, 0) is 19.3 Å². The van der Waals surface area contributed by atoms with Gasteiger partial charge in [0.15, 0.2) is 0 Å². The number of amides is 1. The Kier molecular flexibility index (Phi) is 1.91. The molecule has 0 aliphatic heterocycles. The molecule has 1 aliphatic rings. The number of nitriles is 1. The van der Waals surface area contributed by atoms with E-state index in [0.717, 1.165) is 19.3 Å². The van der Waals surface area contributed by atoms with Crippen LogP contribution in [0.4, 0.5) is 0 Å². The molecule has 0 aromatic heterocycles. The molecule has 0 bridgehead atoms. The summed E-state index contributed by atoms with van der Waals surface area (Å²) in [5.41, 5.74) is -0.0934. The zero-order valence-corrected chi connectivity index (χ0v) is 5.68. The number of carbonyl (C=O) groups excluding carboxylic acids is 1. The summed E-state index contributed by atoms with van der Waals surface area (Å²) < 4.78 is 0. The lowest BCUT2D eigenvalue weighted by Crippen LogP contribution is -2.15. The second-order valence-electron chi connectivity index (χ2n) is 2.67. The molecular formula is C7H9N2O. The molecule has 53 valence electrons. The maximum atomic E-state index is 9.68. The maximum absolute atomic E-state index is 9.68. The Balaban J connectivity index is 2.14. The average Bonchev–Trinajstić information content (AvgIpc) is 2.70. The van der Waals surface area contributed by atoms with Gasteiger partial charge >= 0.3 is 6.41 Å². The van der Waals surface area contributed by atoms with Gasteiger partial charge in [-0.15, -0.1) is 0 Å². The van der Waals surface area contributed by atoms with E-state index in [4.69, 9.17) is 5.26 Å². The molecule has 1 aliphatic carbocycles. The summed E-state index contributed by atoms with van der Waals surface area (Å²) in [5.74, 6) is 0. The fourth-order valence-electron chi connectivity index (χ4n) is 0.921. The van der Waals surface area contributed by atoms with E-state index in [1.165, 1.54) is 0 Å². The van der Waals surface area contributed by atoms with Gasteiger partial charge in [0.2, 0.25) is 0 Å². The van der Waals surface area contributed by atoms with Gasteiger partial charge in [0.1, 0.15) is 0 Å². The molecule has 0 saturated heterocycles. The molecule has 0 aromatic rings. The van der Waals surface area contributed by atoms with Gasteiger partial charge in [0, 0.05) is 6.54 Å². The van der Waals surface area contributed by atoms with Crippen molar-refractivity contribution in [1.82, 2.24) is 5.32 Å². The van der Waals surface area contributed by atoms with Crippen molar-refractivity contribution in [3.05, 3.63) is 0 Å². The third-order valence-electron chi connectivity index (χ3n) is 1.89. The fourth-order valence-corrected chi connectivity index (χ4v) is 0.921. The largest absolute Gasteiger partial charge is 0.348 e. The number of rotatable bonds is 4. The van der Waals surface area contributed by atoms with Crippen molar-refractivity contribution < 1.29 is 4.79 Å². The van der Waals surface area contributed by atoms with Crippen LogP contribution in [0.25, 0.3) is 0 Å². The minimum absolute atomic E-state index is 0.0934. The van der Waals surface area contributed by atoms with E-state index in [9.17, 15) is 4.79 Å². The van der Waals surface area contributed by atoms with E-state index in [1.54, 1.807) is 6.41 Å². The van der Waals surface area contributed by atoms with Crippen LogP contribution < -0.4 is 5.32 Å². The molecule has 0 unspecified atom stereocenters. The molecule has 0 spiro atoms. The van der Waals surface area contributed by atoms with Gasteiger partial charge in [-0.1, -0.05) is 0 Å². The van der Waals surface area contributed by atoms with E-state index in [1.807, 2.05) is 0 Å². The highest BCUT2D eigenvalue weighted by atomic mass is 16.1. The van der Waals surface area contributed by atoms with Crippen LogP contribution in [0, 0.1) is 16.7 Å². The summed E-state index contributed by atoms with van der Waals surface area (Å²) in [6.45, 7) is 0.580. The molecule has 3 heteroatoms. The normalized spacial score (nSPS) is 19.1. The molecular weight excluding hydrogens is 128 g/mol. The summed E-state index contributed by atoms with van der Waals surface area (Å²) >= 11 is 0. The Morgan fingerprint density at radius 1 is 1.60 bits per heavy atom. The molecule has 0 aromatic carbocycles. The molecule has 1 rings (SSSR count). The Hall–Kier alpha value is -1.04. The van der Waals surface area contributed by atoms with Gasteiger partial charge in [-0.25, -0.2) is 0 Å². The fraction of sp³-hybridized carbons (Fsp3) is 0.714. The molecule has 0 heterocycles. The first-order chi connectivity index (χ1) is 4.83. The molecule has 1 amide bonds. The van der Waals surface area contributed by atoms with Crippen LogP contribution in [0.1, 0.15) is 19.3 Å². The van der Waals surface area contributed by atoms with Crippen molar-refractivity contribution in [2.45, 2.75) is 19.3 Å². The Labute approximate surface area is 60.0 Å². The van der Waals surface area contributed by atoms with Crippen molar-refractivity contribution in [2.75, 3.05) is 6.54 Å². The molecule has 1 radical (unpaired) electrons. The molecule has 3 nitrogen and oxygen atoms in total. The second-order valence-corrected chi connectivity index (χ2v) is 2.67. The minimum Gasteiger partial charge on any atom is -0.348 e. The van der Waals surface area contributed by atoms with Crippen LogP contribution in [0.15, 0.2) is 0 Å². The van der Waals surface area contributed by atoms with Gasteiger partial charge in [-0.2, -0.15) is 5.26 Å². The third kappa shape index (κ3) is 1.47. The van der Waals surface area contributed by atoms with Crippen molar-refractivity contribution in [2.24, 2.45) is 5.41 Å². The van der Waals surface area contributed by atoms with Crippen LogP contribution in [0.5, 0.6) is 0 Å². The van der Waals surface area contributed by atoms with Crippen molar-refractivity contribution >= 4 is 6.41 Å². The zero-order chi connectivity index (χ0) is 7.45. The molecule has 0 atom stereocenters. The van der Waals surface area contributed by atoms with Gasteiger partial charge in [-0.3, -0.25) is 4.79 Å².